The molecule has 0 spiro atoms. The van der Waals surface area contributed by atoms with Crippen molar-refractivity contribution in [3.63, 3.8) is 0 Å². The Balaban J connectivity index is 1.73. The topological polar surface area (TPSA) is 38.9 Å². The van der Waals surface area contributed by atoms with Crippen LogP contribution in [0.3, 0.4) is 0 Å². The number of fused-ring (bicyclic) bond motifs is 1. The highest BCUT2D eigenvalue weighted by atomic mass is 15.3. The van der Waals surface area contributed by atoms with Crippen LogP contribution in [-0.4, -0.2) is 44.4 Å². The van der Waals surface area contributed by atoms with E-state index < -0.39 is 0 Å². The third-order valence-electron chi connectivity index (χ3n) is 4.40. The fraction of sp³-hybridized carbons (Fsp3) is 0.375. The van der Waals surface area contributed by atoms with Crippen LogP contribution < -0.4 is 0 Å². The van der Waals surface area contributed by atoms with E-state index in [2.05, 4.69) is 58.0 Å². The van der Waals surface area contributed by atoms with Crippen molar-refractivity contribution in [2.75, 3.05) is 20.1 Å². The van der Waals surface area contributed by atoms with Crippen LogP contribution in [0.15, 0.2) is 37.1 Å². The summed E-state index contributed by atoms with van der Waals surface area (Å²) in [6, 6.07) is 6.71. The monoisotopic (exact) mass is 281 g/mol. The molecule has 2 aromatic heterocycles. The van der Waals surface area contributed by atoms with E-state index in [0.29, 0.717) is 5.92 Å². The molecular formula is C16H19N5. The minimum Gasteiger partial charge on any atom is -0.350 e. The molecule has 0 unspecified atom stereocenters. The van der Waals surface area contributed by atoms with Gasteiger partial charge in [0.15, 0.2) is 0 Å². The first kappa shape index (κ1) is 12.6. The van der Waals surface area contributed by atoms with Crippen LogP contribution in [0.5, 0.6) is 0 Å². The SMILES string of the molecule is CN1CC(c2cn(C)c3ccc(Cn4cncn4)cc23)C1. The van der Waals surface area contributed by atoms with Crippen LogP contribution in [0.1, 0.15) is 17.0 Å². The van der Waals surface area contributed by atoms with E-state index in [0.717, 1.165) is 19.6 Å². The summed E-state index contributed by atoms with van der Waals surface area (Å²) in [5, 5.41) is 5.57. The number of aromatic nitrogens is 4. The van der Waals surface area contributed by atoms with E-state index in [1.807, 2.05) is 4.68 Å². The van der Waals surface area contributed by atoms with Crippen LogP contribution >= 0.6 is 0 Å². The van der Waals surface area contributed by atoms with Crippen LogP contribution in [0.4, 0.5) is 0 Å². The third-order valence-corrected chi connectivity index (χ3v) is 4.40. The van der Waals surface area contributed by atoms with Crippen LogP contribution in [0, 0.1) is 0 Å². The van der Waals surface area contributed by atoms with Gasteiger partial charge in [0.2, 0.25) is 0 Å². The Morgan fingerprint density at radius 1 is 1.24 bits per heavy atom. The fourth-order valence-corrected chi connectivity index (χ4v) is 3.29. The van der Waals surface area contributed by atoms with E-state index in [1.165, 1.54) is 22.0 Å². The van der Waals surface area contributed by atoms with Crippen molar-refractivity contribution >= 4 is 10.9 Å². The van der Waals surface area contributed by atoms with Gasteiger partial charge in [-0.05, 0) is 30.3 Å². The normalized spacial score (nSPS) is 16.5. The Labute approximate surface area is 123 Å². The lowest BCUT2D eigenvalue weighted by Crippen LogP contribution is -2.41. The average molecular weight is 281 g/mol. The summed E-state index contributed by atoms with van der Waals surface area (Å²) in [5.74, 6) is 0.667. The lowest BCUT2D eigenvalue weighted by molar-refractivity contribution is 0.190. The quantitative estimate of drug-likeness (QED) is 0.735. The van der Waals surface area contributed by atoms with Crippen molar-refractivity contribution in [3.8, 4) is 0 Å². The molecule has 4 rings (SSSR count). The Morgan fingerprint density at radius 3 is 2.81 bits per heavy atom. The number of hydrogen-bond acceptors (Lipinski definition) is 3. The number of likely N-dealkylation sites (tertiary alicyclic amines) is 1. The number of likely N-dealkylation sites (N-methyl/N-ethyl adjacent to an activating group) is 1. The second-order valence-corrected chi connectivity index (χ2v) is 6.06. The maximum Gasteiger partial charge on any atom is 0.137 e. The third kappa shape index (κ3) is 2.14. The van der Waals surface area contributed by atoms with E-state index in [9.17, 15) is 0 Å². The van der Waals surface area contributed by atoms with Crippen LogP contribution in [0.25, 0.3) is 10.9 Å². The number of aryl methyl sites for hydroxylation is 1. The Morgan fingerprint density at radius 2 is 2.10 bits per heavy atom. The highest BCUT2D eigenvalue weighted by Gasteiger charge is 2.27. The zero-order valence-corrected chi connectivity index (χ0v) is 12.4. The summed E-state index contributed by atoms with van der Waals surface area (Å²) in [6.07, 6.45) is 5.63. The molecule has 0 N–H and O–H groups in total. The maximum absolute atomic E-state index is 4.19. The standard InChI is InChI=1S/C16H19N5/c1-19-7-13(8-19)15-9-20(2)16-4-3-12(5-14(15)16)6-21-11-17-10-18-21/h3-5,9-11,13H,6-8H2,1-2H3. The van der Waals surface area contributed by atoms with E-state index in [1.54, 1.807) is 12.7 Å². The number of hydrogen-bond donors (Lipinski definition) is 0. The van der Waals surface area contributed by atoms with Crippen molar-refractivity contribution in [1.82, 2.24) is 24.2 Å². The summed E-state index contributed by atoms with van der Waals surface area (Å²) in [6.45, 7) is 3.09. The van der Waals surface area contributed by atoms with Gasteiger partial charge in [0, 0.05) is 43.2 Å². The van der Waals surface area contributed by atoms with Gasteiger partial charge in [-0.3, -0.25) is 0 Å². The molecule has 5 nitrogen and oxygen atoms in total. The molecule has 1 fully saturated rings. The second-order valence-electron chi connectivity index (χ2n) is 6.06. The van der Waals surface area contributed by atoms with Crippen molar-refractivity contribution in [2.45, 2.75) is 12.5 Å². The smallest absolute Gasteiger partial charge is 0.137 e. The molecule has 0 atom stereocenters. The van der Waals surface area contributed by atoms with Gasteiger partial charge < -0.3 is 9.47 Å². The lowest BCUT2D eigenvalue weighted by Gasteiger charge is -2.36. The minimum absolute atomic E-state index is 0.667. The number of rotatable bonds is 3. The summed E-state index contributed by atoms with van der Waals surface area (Å²) in [5.41, 5.74) is 4.06. The molecule has 1 saturated heterocycles. The highest BCUT2D eigenvalue weighted by molar-refractivity contribution is 5.85. The first-order chi connectivity index (χ1) is 10.2. The molecule has 0 amide bonds. The largest absolute Gasteiger partial charge is 0.350 e. The van der Waals surface area contributed by atoms with Crippen molar-refractivity contribution in [2.24, 2.45) is 7.05 Å². The summed E-state index contributed by atoms with van der Waals surface area (Å²) >= 11 is 0. The number of nitrogens with zero attached hydrogens (tertiary/aromatic N) is 5. The van der Waals surface area contributed by atoms with E-state index in [-0.39, 0.29) is 0 Å². The van der Waals surface area contributed by atoms with E-state index >= 15 is 0 Å². The van der Waals surface area contributed by atoms with Crippen molar-refractivity contribution < 1.29 is 0 Å². The summed E-state index contributed by atoms with van der Waals surface area (Å²) in [7, 11) is 4.31. The molecule has 0 aliphatic carbocycles. The highest BCUT2D eigenvalue weighted by Crippen LogP contribution is 2.33. The van der Waals surface area contributed by atoms with Gasteiger partial charge in [-0.1, -0.05) is 6.07 Å². The van der Waals surface area contributed by atoms with Gasteiger partial charge in [-0.25, -0.2) is 9.67 Å². The molecule has 21 heavy (non-hydrogen) atoms. The van der Waals surface area contributed by atoms with Gasteiger partial charge in [0.25, 0.3) is 0 Å². The van der Waals surface area contributed by atoms with Gasteiger partial charge in [-0.2, -0.15) is 5.10 Å². The van der Waals surface area contributed by atoms with Gasteiger partial charge >= 0.3 is 0 Å². The summed E-state index contributed by atoms with van der Waals surface area (Å²) in [4.78, 5) is 6.37. The first-order valence-corrected chi connectivity index (χ1v) is 7.29. The maximum atomic E-state index is 4.19. The van der Waals surface area contributed by atoms with Gasteiger partial charge in [0.1, 0.15) is 12.7 Å². The second kappa shape index (κ2) is 4.70. The first-order valence-electron chi connectivity index (χ1n) is 7.29. The molecular weight excluding hydrogens is 262 g/mol. The van der Waals surface area contributed by atoms with Crippen LogP contribution in [-0.2, 0) is 13.6 Å². The number of benzene rings is 1. The molecule has 1 aromatic carbocycles. The van der Waals surface area contributed by atoms with Gasteiger partial charge in [-0.15, -0.1) is 0 Å². The Bertz CT molecular complexity index is 765. The van der Waals surface area contributed by atoms with Crippen molar-refractivity contribution in [1.29, 1.82) is 0 Å². The van der Waals surface area contributed by atoms with Crippen LogP contribution in [0.2, 0.25) is 0 Å². The summed E-state index contributed by atoms with van der Waals surface area (Å²) < 4.78 is 4.10. The predicted molar refractivity (Wildman–Crippen MR) is 82.3 cm³/mol. The molecule has 3 aromatic rings. The van der Waals surface area contributed by atoms with Gasteiger partial charge in [0.05, 0.1) is 6.54 Å². The fourth-order valence-electron chi connectivity index (χ4n) is 3.29. The zero-order chi connectivity index (χ0) is 14.4. The molecule has 0 bridgehead atoms. The molecule has 1 aliphatic rings. The molecule has 3 heterocycles. The van der Waals surface area contributed by atoms with E-state index in [4.69, 9.17) is 0 Å². The minimum atomic E-state index is 0.667. The molecule has 5 heteroatoms. The predicted octanol–water partition coefficient (Wildman–Crippen LogP) is 1.85. The Kier molecular flexibility index (Phi) is 2.82. The zero-order valence-electron chi connectivity index (χ0n) is 12.4. The molecule has 1 aliphatic heterocycles. The van der Waals surface area contributed by atoms with Crippen molar-refractivity contribution in [3.05, 3.63) is 48.2 Å². The lowest BCUT2D eigenvalue weighted by atomic mass is 9.91. The molecule has 0 radical (unpaired) electrons. The average Bonchev–Trinajstić information content (AvgIpc) is 3.04. The Hall–Kier alpha value is -2.14. The molecule has 0 saturated carbocycles. The molecule has 108 valence electrons.